The SMILES string of the molecule is CCOC(=O)C1=C2Cn3c(COCC(F)(F)F)nnc3-c3cc(Cl)ccc3N2C=CCC1C. The molecule has 33 heavy (non-hydrogen) atoms. The Bertz CT molecular complexity index is 1130. The lowest BCUT2D eigenvalue weighted by Gasteiger charge is -2.26. The number of rotatable bonds is 5. The van der Waals surface area contributed by atoms with E-state index >= 15 is 0 Å². The van der Waals surface area contributed by atoms with Gasteiger partial charge in [0.1, 0.15) is 13.2 Å². The Morgan fingerprint density at radius 3 is 2.82 bits per heavy atom. The third kappa shape index (κ3) is 4.77. The van der Waals surface area contributed by atoms with E-state index in [4.69, 9.17) is 21.1 Å². The topological polar surface area (TPSA) is 69.5 Å². The number of benzene rings is 1. The van der Waals surface area contributed by atoms with Gasteiger partial charge in [-0.15, -0.1) is 10.2 Å². The molecule has 2 aliphatic rings. The number of hydrogen-bond donors (Lipinski definition) is 0. The van der Waals surface area contributed by atoms with Gasteiger partial charge in [-0.25, -0.2) is 4.79 Å². The predicted molar refractivity (Wildman–Crippen MR) is 115 cm³/mol. The van der Waals surface area contributed by atoms with Crippen molar-refractivity contribution in [1.29, 1.82) is 0 Å². The van der Waals surface area contributed by atoms with E-state index in [1.54, 1.807) is 23.6 Å². The Morgan fingerprint density at radius 2 is 2.09 bits per heavy atom. The fourth-order valence-corrected chi connectivity index (χ4v) is 4.19. The number of carbonyl (C=O) groups is 1. The molecular weight excluding hydrogens is 461 g/mol. The van der Waals surface area contributed by atoms with Crippen LogP contribution in [0.3, 0.4) is 0 Å². The Balaban J connectivity index is 1.88. The van der Waals surface area contributed by atoms with Gasteiger partial charge >= 0.3 is 12.1 Å². The molecule has 11 heteroatoms. The summed E-state index contributed by atoms with van der Waals surface area (Å²) in [5.74, 6) is 0.0520. The number of esters is 1. The summed E-state index contributed by atoms with van der Waals surface area (Å²) in [4.78, 5) is 14.9. The van der Waals surface area contributed by atoms with Crippen molar-refractivity contribution in [3.8, 4) is 11.4 Å². The molecule has 0 amide bonds. The second-order valence-electron chi connectivity index (χ2n) is 7.77. The highest BCUT2D eigenvalue weighted by atomic mass is 35.5. The van der Waals surface area contributed by atoms with Crippen molar-refractivity contribution in [2.24, 2.45) is 5.92 Å². The van der Waals surface area contributed by atoms with E-state index in [2.05, 4.69) is 10.2 Å². The highest BCUT2D eigenvalue weighted by molar-refractivity contribution is 6.31. The summed E-state index contributed by atoms with van der Waals surface area (Å²) in [5, 5.41) is 8.76. The number of nitrogens with zero attached hydrogens (tertiary/aromatic N) is 4. The third-order valence-electron chi connectivity index (χ3n) is 5.43. The zero-order valence-electron chi connectivity index (χ0n) is 18.0. The zero-order valence-corrected chi connectivity index (χ0v) is 18.8. The molecule has 2 aliphatic heterocycles. The Kier molecular flexibility index (Phi) is 6.49. The van der Waals surface area contributed by atoms with Gasteiger partial charge in [0.25, 0.3) is 0 Å². The monoisotopic (exact) mass is 482 g/mol. The molecule has 1 aromatic carbocycles. The number of hydrogen-bond acceptors (Lipinski definition) is 6. The van der Waals surface area contributed by atoms with Gasteiger partial charge in [-0.05, 0) is 37.5 Å². The molecule has 1 aromatic heterocycles. The molecule has 0 spiro atoms. The number of ether oxygens (including phenoxy) is 2. The first-order valence-electron chi connectivity index (χ1n) is 10.4. The predicted octanol–water partition coefficient (Wildman–Crippen LogP) is 4.87. The summed E-state index contributed by atoms with van der Waals surface area (Å²) < 4.78 is 49.6. The van der Waals surface area contributed by atoms with Crippen LogP contribution < -0.4 is 4.90 Å². The highest BCUT2D eigenvalue weighted by Gasteiger charge is 2.34. The minimum absolute atomic E-state index is 0.140. The van der Waals surface area contributed by atoms with Crippen LogP contribution in [-0.2, 0) is 27.4 Å². The first kappa shape index (κ1) is 23.3. The van der Waals surface area contributed by atoms with Gasteiger partial charge in [-0.1, -0.05) is 24.6 Å². The summed E-state index contributed by atoms with van der Waals surface area (Å²) >= 11 is 6.26. The van der Waals surface area contributed by atoms with Crippen LogP contribution in [0, 0.1) is 5.92 Å². The number of allylic oxidation sites excluding steroid dienone is 2. The third-order valence-corrected chi connectivity index (χ3v) is 5.66. The maximum atomic E-state index is 13.0. The van der Waals surface area contributed by atoms with Crippen molar-refractivity contribution in [3.05, 3.63) is 52.6 Å². The highest BCUT2D eigenvalue weighted by Crippen LogP contribution is 2.41. The Labute approximate surface area is 193 Å². The average molecular weight is 483 g/mol. The van der Waals surface area contributed by atoms with Crippen LogP contribution in [0.25, 0.3) is 11.4 Å². The van der Waals surface area contributed by atoms with Gasteiger partial charge in [-0.2, -0.15) is 13.2 Å². The van der Waals surface area contributed by atoms with Crippen molar-refractivity contribution in [3.63, 3.8) is 0 Å². The lowest BCUT2D eigenvalue weighted by atomic mass is 9.96. The van der Waals surface area contributed by atoms with Crippen LogP contribution in [0.1, 0.15) is 26.1 Å². The number of anilines is 1. The molecule has 0 saturated carbocycles. The molecule has 1 unspecified atom stereocenters. The van der Waals surface area contributed by atoms with E-state index in [0.717, 1.165) is 5.69 Å². The normalized spacial score (nSPS) is 17.8. The van der Waals surface area contributed by atoms with Crippen molar-refractivity contribution < 1.29 is 27.4 Å². The summed E-state index contributed by atoms with van der Waals surface area (Å²) in [5.41, 5.74) is 2.48. The molecule has 4 rings (SSSR count). The minimum atomic E-state index is -4.46. The minimum Gasteiger partial charge on any atom is -0.463 e. The average Bonchev–Trinajstić information content (AvgIpc) is 2.97. The van der Waals surface area contributed by atoms with Crippen LogP contribution in [0.5, 0.6) is 0 Å². The van der Waals surface area contributed by atoms with Crippen LogP contribution in [0.15, 0.2) is 41.7 Å². The molecule has 0 fully saturated rings. The molecule has 7 nitrogen and oxygen atoms in total. The van der Waals surface area contributed by atoms with Gasteiger partial charge in [0.05, 0.1) is 30.1 Å². The van der Waals surface area contributed by atoms with Gasteiger partial charge < -0.3 is 18.9 Å². The van der Waals surface area contributed by atoms with Gasteiger partial charge in [0.2, 0.25) is 0 Å². The molecule has 0 radical (unpaired) electrons. The molecule has 2 aromatic rings. The van der Waals surface area contributed by atoms with Crippen LogP contribution in [-0.4, -0.2) is 40.1 Å². The van der Waals surface area contributed by atoms with Crippen LogP contribution in [0.4, 0.5) is 18.9 Å². The van der Waals surface area contributed by atoms with E-state index in [9.17, 15) is 18.0 Å². The molecule has 176 valence electrons. The van der Waals surface area contributed by atoms with E-state index in [1.165, 1.54) is 0 Å². The van der Waals surface area contributed by atoms with Gasteiger partial charge in [-0.3, -0.25) is 0 Å². The first-order valence-corrected chi connectivity index (χ1v) is 10.8. The number of fused-ring (bicyclic) bond motifs is 5. The summed E-state index contributed by atoms with van der Waals surface area (Å²) in [6, 6.07) is 5.25. The lowest BCUT2D eigenvalue weighted by molar-refractivity contribution is -0.177. The fraction of sp³-hybridized carbons (Fsp3) is 0.409. The standard InChI is InChI=1S/C22H22ClF3N4O3/c1-3-33-21(31)19-13(2)5-4-8-29-16-7-6-14(23)9-15(16)20-28-27-18(30(20)10-17(19)29)11-32-12-22(24,25)26/h4,6-9,13H,3,5,10-12H2,1-2H3. The van der Waals surface area contributed by atoms with Crippen LogP contribution >= 0.6 is 11.6 Å². The first-order chi connectivity index (χ1) is 15.7. The summed E-state index contributed by atoms with van der Waals surface area (Å²) in [6.45, 7) is 2.23. The number of alkyl halides is 3. The molecular formula is C22H22ClF3N4O3. The molecule has 0 N–H and O–H groups in total. The Hall–Kier alpha value is -2.85. The number of halogens is 4. The van der Waals surface area contributed by atoms with Crippen molar-refractivity contribution in [2.45, 2.75) is 39.6 Å². The van der Waals surface area contributed by atoms with E-state index < -0.39 is 25.4 Å². The van der Waals surface area contributed by atoms with E-state index in [1.807, 2.05) is 30.2 Å². The fourth-order valence-electron chi connectivity index (χ4n) is 4.02. The van der Waals surface area contributed by atoms with Crippen molar-refractivity contribution in [1.82, 2.24) is 14.8 Å². The van der Waals surface area contributed by atoms with E-state index in [0.29, 0.717) is 34.1 Å². The zero-order chi connectivity index (χ0) is 23.8. The van der Waals surface area contributed by atoms with Crippen molar-refractivity contribution in [2.75, 3.05) is 18.1 Å². The van der Waals surface area contributed by atoms with Crippen molar-refractivity contribution >= 4 is 23.3 Å². The van der Waals surface area contributed by atoms with E-state index in [-0.39, 0.29) is 24.9 Å². The molecule has 0 saturated heterocycles. The maximum absolute atomic E-state index is 13.0. The number of aromatic nitrogens is 3. The molecule has 0 aliphatic carbocycles. The maximum Gasteiger partial charge on any atom is 0.411 e. The molecule has 3 heterocycles. The molecule has 1 atom stereocenters. The second-order valence-corrected chi connectivity index (χ2v) is 8.20. The summed E-state index contributed by atoms with van der Waals surface area (Å²) in [6.07, 6.45) is 0.00674. The lowest BCUT2D eigenvalue weighted by Crippen LogP contribution is -2.25. The van der Waals surface area contributed by atoms with Crippen LogP contribution in [0.2, 0.25) is 5.02 Å². The van der Waals surface area contributed by atoms with Gasteiger partial charge in [0, 0.05) is 16.8 Å². The largest absolute Gasteiger partial charge is 0.463 e. The quantitative estimate of drug-likeness (QED) is 0.566. The smallest absolute Gasteiger partial charge is 0.411 e. The number of carbonyl (C=O) groups excluding carboxylic acids is 1. The summed E-state index contributed by atoms with van der Waals surface area (Å²) in [7, 11) is 0. The van der Waals surface area contributed by atoms with Gasteiger partial charge in [0.15, 0.2) is 11.6 Å². The second kappa shape index (κ2) is 9.18. The molecule has 0 bridgehead atoms. The Morgan fingerprint density at radius 1 is 1.30 bits per heavy atom.